The van der Waals surface area contributed by atoms with Crippen LogP contribution in [-0.4, -0.2) is 6.85 Å². The molecule has 0 radical (unpaired) electrons. The van der Waals surface area contributed by atoms with Gasteiger partial charge in [-0.25, -0.2) is 0 Å². The minimum Gasteiger partial charge on any atom is -0.376 e. The predicted molar refractivity (Wildman–Crippen MR) is 293 cm³/mol. The summed E-state index contributed by atoms with van der Waals surface area (Å²) in [7, 11) is 0. The Balaban J connectivity index is 1.24. The van der Waals surface area contributed by atoms with Crippen molar-refractivity contribution in [2.45, 2.75) is 187 Å². The first-order chi connectivity index (χ1) is 31.8. The summed E-state index contributed by atoms with van der Waals surface area (Å²) in [6.07, 6.45) is 7.16. The van der Waals surface area contributed by atoms with Gasteiger partial charge in [0.25, 0.3) is 0 Å². The quantitative estimate of drug-likeness (QED) is 0.160. The summed E-state index contributed by atoms with van der Waals surface area (Å²) in [5, 5.41) is 0. The second kappa shape index (κ2) is 13.6. The molecule has 6 aliphatic rings. The molecule has 6 aromatic rings. The lowest BCUT2D eigenvalue weighted by molar-refractivity contribution is 0.332. The van der Waals surface area contributed by atoms with Gasteiger partial charge in [0.15, 0.2) is 0 Å². The number of fused-ring (bicyclic) bond motifs is 11. The van der Waals surface area contributed by atoms with Gasteiger partial charge in [-0.1, -0.05) is 152 Å². The first-order valence-corrected chi connectivity index (χ1v) is 26.3. The molecular weight excluding hydrogens is 820 g/mol. The lowest BCUT2D eigenvalue weighted by Crippen LogP contribution is -2.62. The molecule has 68 heavy (non-hydrogen) atoms. The van der Waals surface area contributed by atoms with Crippen molar-refractivity contribution in [3.8, 4) is 22.3 Å². The summed E-state index contributed by atoms with van der Waals surface area (Å²) >= 11 is 0. The Labute approximate surface area is 410 Å². The maximum absolute atomic E-state index is 2.84. The smallest absolute Gasteiger partial charge is 0.333 e. The van der Waals surface area contributed by atoms with Crippen molar-refractivity contribution in [3.05, 3.63) is 147 Å². The van der Waals surface area contributed by atoms with Gasteiger partial charge < -0.3 is 9.71 Å². The minimum absolute atomic E-state index is 0.0482. The highest BCUT2D eigenvalue weighted by molar-refractivity contribution is 6.93. The zero-order valence-electron chi connectivity index (χ0n) is 44.4. The monoisotopic (exact) mass is 895 g/mol. The Morgan fingerprint density at radius 1 is 0.412 bits per heavy atom. The van der Waals surface area contributed by atoms with Crippen molar-refractivity contribution in [1.82, 2.24) is 0 Å². The van der Waals surface area contributed by atoms with Gasteiger partial charge in [0.05, 0.1) is 0 Å². The molecule has 348 valence electrons. The highest BCUT2D eigenvalue weighted by Crippen LogP contribution is 2.59. The molecule has 0 unspecified atom stereocenters. The molecule has 2 heterocycles. The normalized spacial score (nSPS) is 21.6. The van der Waals surface area contributed by atoms with Gasteiger partial charge in [0, 0.05) is 39.4 Å². The van der Waals surface area contributed by atoms with Gasteiger partial charge in [-0.15, -0.1) is 0 Å². The first kappa shape index (κ1) is 44.2. The Bertz CT molecular complexity index is 3200. The summed E-state index contributed by atoms with van der Waals surface area (Å²) in [6.45, 7) is 39.5. The average Bonchev–Trinajstić information content (AvgIpc) is 3.51. The molecule has 6 aromatic carbocycles. The van der Waals surface area contributed by atoms with Gasteiger partial charge >= 0.3 is 6.85 Å². The van der Waals surface area contributed by atoms with Gasteiger partial charge in [0.1, 0.15) is 0 Å². The first-order valence-electron chi connectivity index (χ1n) is 26.3. The van der Waals surface area contributed by atoms with E-state index in [0.717, 1.165) is 0 Å². The molecular formula is C65H75BN2. The summed E-state index contributed by atoms with van der Waals surface area (Å²) in [4.78, 5) is 5.64. The van der Waals surface area contributed by atoms with E-state index in [1.165, 1.54) is 156 Å². The highest BCUT2D eigenvalue weighted by Gasteiger charge is 2.51. The van der Waals surface area contributed by atoms with E-state index in [1.54, 1.807) is 0 Å². The third kappa shape index (κ3) is 5.89. The van der Waals surface area contributed by atoms with Crippen LogP contribution in [0.25, 0.3) is 22.3 Å². The number of nitrogens with zero attached hydrogens (tertiary/aromatic N) is 2. The van der Waals surface area contributed by atoms with E-state index >= 15 is 0 Å². The molecule has 2 aliphatic heterocycles. The van der Waals surface area contributed by atoms with Crippen molar-refractivity contribution in [1.29, 1.82) is 0 Å². The van der Waals surface area contributed by atoms with Crippen LogP contribution in [0, 0.1) is 13.8 Å². The van der Waals surface area contributed by atoms with E-state index in [0.29, 0.717) is 0 Å². The number of hydrogen-bond donors (Lipinski definition) is 0. The molecule has 0 saturated heterocycles. The zero-order chi connectivity index (χ0) is 48.2. The average molecular weight is 895 g/mol. The molecule has 4 aliphatic carbocycles. The molecule has 12 rings (SSSR count). The summed E-state index contributed by atoms with van der Waals surface area (Å²) in [6, 6.07) is 37.7. The lowest BCUT2D eigenvalue weighted by Gasteiger charge is -2.50. The fourth-order valence-corrected chi connectivity index (χ4v) is 14.7. The number of rotatable bonds is 2. The SMILES string of the molecule is Cc1cc2c3c(c1)N(c1cc4c(cc1C)C(C)(C)CCC4(C)C)c1c(ccc4c1C(C)(C)c1ccccc1-4)B3N(c1ccc3c(c1)C(C)(C)CCC3(C)C)c1cc3c(cc1-2)C(C)(C)CCC3(C)C. The molecule has 0 atom stereocenters. The van der Waals surface area contributed by atoms with Crippen LogP contribution in [0.3, 0.4) is 0 Å². The van der Waals surface area contributed by atoms with Gasteiger partial charge in [-0.05, 0) is 205 Å². The standard InChI is InChI=1S/C65H75BN2/c1-38-31-44-43-35-49-51(64(13,14)30-28-62(49,9)10)37-54(43)68(40-21-23-46-48(34-40)61(7,8)26-25-59(46,3)4)66-52-24-22-42-41-19-17-18-20-45(41)65(15,16)56(42)58(52)67(55(32-38)57(44)66)53-36-50-47(33-39(53)2)60(5,6)27-29-63(50,11)12/h17-24,31-37H,25-30H2,1-16H3. The van der Waals surface area contributed by atoms with Crippen LogP contribution in [0.2, 0.25) is 0 Å². The third-order valence-corrected chi connectivity index (χ3v) is 19.4. The summed E-state index contributed by atoms with van der Waals surface area (Å²) in [5.41, 5.74) is 30.0. The summed E-state index contributed by atoms with van der Waals surface area (Å²) in [5.74, 6) is 0. The largest absolute Gasteiger partial charge is 0.376 e. The second-order valence-electron chi connectivity index (χ2n) is 27.1. The Morgan fingerprint density at radius 3 is 1.56 bits per heavy atom. The van der Waals surface area contributed by atoms with E-state index < -0.39 is 0 Å². The van der Waals surface area contributed by atoms with E-state index in [9.17, 15) is 0 Å². The molecule has 2 nitrogen and oxygen atoms in total. The van der Waals surface area contributed by atoms with Crippen molar-refractivity contribution in [2.75, 3.05) is 9.71 Å². The fraction of sp³-hybridized carbons (Fsp3) is 0.446. The second-order valence-corrected chi connectivity index (χ2v) is 27.1. The number of benzene rings is 6. The van der Waals surface area contributed by atoms with E-state index in [2.05, 4.69) is 211 Å². The Hall–Kier alpha value is -5.02. The predicted octanol–water partition coefficient (Wildman–Crippen LogP) is 16.4. The zero-order valence-corrected chi connectivity index (χ0v) is 44.4. The van der Waals surface area contributed by atoms with E-state index in [-0.39, 0.29) is 44.8 Å². The van der Waals surface area contributed by atoms with Gasteiger partial charge in [0.2, 0.25) is 0 Å². The van der Waals surface area contributed by atoms with Gasteiger partial charge in [-0.2, -0.15) is 0 Å². The van der Waals surface area contributed by atoms with Crippen LogP contribution in [0.5, 0.6) is 0 Å². The molecule has 0 bridgehead atoms. The summed E-state index contributed by atoms with van der Waals surface area (Å²) < 4.78 is 0. The van der Waals surface area contributed by atoms with Crippen LogP contribution < -0.4 is 20.6 Å². The molecule has 3 heteroatoms. The number of hydrogen-bond acceptors (Lipinski definition) is 2. The molecule has 0 amide bonds. The van der Waals surface area contributed by atoms with E-state index in [1.807, 2.05) is 0 Å². The van der Waals surface area contributed by atoms with Crippen molar-refractivity contribution >= 4 is 46.2 Å². The minimum atomic E-state index is -0.226. The number of anilines is 5. The maximum Gasteiger partial charge on any atom is 0.333 e. The van der Waals surface area contributed by atoms with Crippen LogP contribution >= 0.6 is 0 Å². The number of aryl methyl sites for hydroxylation is 2. The molecule has 0 saturated carbocycles. The third-order valence-electron chi connectivity index (χ3n) is 19.4. The van der Waals surface area contributed by atoms with Crippen molar-refractivity contribution in [3.63, 3.8) is 0 Å². The highest BCUT2D eigenvalue weighted by atomic mass is 15.2. The van der Waals surface area contributed by atoms with Crippen LogP contribution in [0.4, 0.5) is 28.4 Å². The fourth-order valence-electron chi connectivity index (χ4n) is 14.7. The maximum atomic E-state index is 2.84. The molecule has 0 aromatic heterocycles. The van der Waals surface area contributed by atoms with E-state index in [4.69, 9.17) is 0 Å². The molecule has 0 spiro atoms. The molecule has 0 fully saturated rings. The van der Waals surface area contributed by atoms with Crippen LogP contribution in [0.1, 0.15) is 191 Å². The van der Waals surface area contributed by atoms with Crippen molar-refractivity contribution in [2.24, 2.45) is 0 Å². The lowest BCUT2D eigenvalue weighted by atomic mass is 9.42. The van der Waals surface area contributed by atoms with Crippen LogP contribution in [0.15, 0.2) is 91.0 Å². The Kier molecular flexibility index (Phi) is 8.87. The molecule has 0 N–H and O–H groups in total. The van der Waals surface area contributed by atoms with Gasteiger partial charge in [-0.3, -0.25) is 0 Å². The Morgan fingerprint density at radius 2 is 0.941 bits per heavy atom. The van der Waals surface area contributed by atoms with Crippen LogP contribution in [-0.2, 0) is 37.9 Å². The van der Waals surface area contributed by atoms with Crippen molar-refractivity contribution < 1.29 is 0 Å². The topological polar surface area (TPSA) is 6.48 Å².